The summed E-state index contributed by atoms with van der Waals surface area (Å²) >= 11 is 11.9. The summed E-state index contributed by atoms with van der Waals surface area (Å²) in [5.41, 5.74) is 0.905. The molecule has 3 aromatic rings. The second kappa shape index (κ2) is 6.31. The Morgan fingerprint density at radius 2 is 1.88 bits per heavy atom. The Hall–Kier alpha value is -2.29. The number of hydrogen-bond acceptors (Lipinski definition) is 5. The van der Waals surface area contributed by atoms with Crippen LogP contribution in [0.1, 0.15) is 5.56 Å². The van der Waals surface area contributed by atoms with Gasteiger partial charge in [-0.15, -0.1) is 0 Å². The van der Waals surface area contributed by atoms with Crippen LogP contribution in [0.5, 0.6) is 0 Å². The van der Waals surface area contributed by atoms with Crippen molar-refractivity contribution < 1.29 is 12.8 Å². The van der Waals surface area contributed by atoms with E-state index in [0.29, 0.717) is 21.1 Å². The van der Waals surface area contributed by atoms with Crippen LogP contribution in [0.4, 0.5) is 0 Å². The van der Waals surface area contributed by atoms with Gasteiger partial charge in [0.1, 0.15) is 0 Å². The van der Waals surface area contributed by atoms with Crippen LogP contribution >= 0.6 is 23.2 Å². The molecule has 124 valence electrons. The van der Waals surface area contributed by atoms with E-state index in [1.54, 1.807) is 18.2 Å². The zero-order chi connectivity index (χ0) is 17.3. The average Bonchev–Trinajstić information content (AvgIpc) is 2.89. The number of halogens is 2. The average molecular weight is 386 g/mol. The third-order valence-corrected chi connectivity index (χ3v) is 4.95. The van der Waals surface area contributed by atoms with E-state index in [-0.39, 0.29) is 10.5 Å². The van der Waals surface area contributed by atoms with Gasteiger partial charge >= 0.3 is 5.76 Å². The fourth-order valence-corrected chi connectivity index (χ4v) is 3.24. The number of nitrogens with zero attached hydrogens (tertiary/aromatic N) is 1. The molecule has 2 aromatic carbocycles. The van der Waals surface area contributed by atoms with Gasteiger partial charge in [-0.05, 0) is 24.3 Å². The number of rotatable bonds is 4. The van der Waals surface area contributed by atoms with Crippen LogP contribution in [-0.4, -0.2) is 19.6 Å². The molecule has 0 aliphatic heterocycles. The minimum Gasteiger partial charge on any atom is -0.408 e. The highest BCUT2D eigenvalue weighted by Gasteiger charge is 2.15. The molecule has 0 unspecified atom stereocenters. The van der Waals surface area contributed by atoms with Crippen molar-refractivity contribution in [3.8, 4) is 0 Å². The number of benzene rings is 2. The SMILES string of the molecule is O=c1[nH]c2ccc(S(=O)(=O)N/N=C/c3c(Cl)cccc3Cl)cc2o1. The highest BCUT2D eigenvalue weighted by Crippen LogP contribution is 2.22. The van der Waals surface area contributed by atoms with Crippen LogP contribution in [0.3, 0.4) is 0 Å². The standard InChI is InChI=1S/C14H9Cl2N3O4S/c15-10-2-1-3-11(16)9(10)7-17-19-24(21,22)8-4-5-12-13(6-8)23-14(20)18-12/h1-7,19H,(H,18,20)/b17-7+. The molecule has 0 fully saturated rings. The lowest BCUT2D eigenvalue weighted by Crippen LogP contribution is -2.18. The number of fused-ring (bicyclic) bond motifs is 1. The van der Waals surface area contributed by atoms with E-state index in [1.807, 2.05) is 4.83 Å². The van der Waals surface area contributed by atoms with E-state index in [4.69, 9.17) is 27.6 Å². The Kier molecular flexibility index (Phi) is 4.35. The van der Waals surface area contributed by atoms with Crippen LogP contribution in [0.25, 0.3) is 11.1 Å². The summed E-state index contributed by atoms with van der Waals surface area (Å²) in [6.45, 7) is 0. The van der Waals surface area contributed by atoms with E-state index in [1.165, 1.54) is 24.4 Å². The van der Waals surface area contributed by atoms with E-state index in [2.05, 4.69) is 10.1 Å². The molecule has 1 aromatic heterocycles. The van der Waals surface area contributed by atoms with Crippen molar-refractivity contribution >= 4 is 50.5 Å². The van der Waals surface area contributed by atoms with E-state index in [0.717, 1.165) is 0 Å². The van der Waals surface area contributed by atoms with Crippen molar-refractivity contribution in [1.29, 1.82) is 0 Å². The maximum Gasteiger partial charge on any atom is 0.417 e. The fraction of sp³-hybridized carbons (Fsp3) is 0. The molecule has 1 heterocycles. The number of H-pyrrole nitrogens is 1. The van der Waals surface area contributed by atoms with Crippen molar-refractivity contribution in [3.05, 3.63) is 62.6 Å². The first kappa shape index (κ1) is 16.6. The quantitative estimate of drug-likeness (QED) is 0.531. The van der Waals surface area contributed by atoms with Crippen LogP contribution in [0, 0.1) is 0 Å². The molecule has 0 bridgehead atoms. The molecule has 2 N–H and O–H groups in total. The van der Waals surface area contributed by atoms with Crippen LogP contribution in [-0.2, 0) is 10.0 Å². The zero-order valence-electron chi connectivity index (χ0n) is 11.8. The van der Waals surface area contributed by atoms with Gasteiger partial charge in [0.25, 0.3) is 10.0 Å². The molecule has 3 rings (SSSR count). The molecule has 0 aliphatic rings. The van der Waals surface area contributed by atoms with Gasteiger partial charge in [0, 0.05) is 11.6 Å². The summed E-state index contributed by atoms with van der Waals surface area (Å²) < 4.78 is 29.3. The smallest absolute Gasteiger partial charge is 0.408 e. The van der Waals surface area contributed by atoms with E-state index >= 15 is 0 Å². The Balaban J connectivity index is 1.87. The first-order valence-electron chi connectivity index (χ1n) is 6.48. The number of aromatic nitrogens is 1. The molecule has 0 atom stereocenters. The largest absolute Gasteiger partial charge is 0.417 e. The molecule has 10 heteroatoms. The number of hydrazone groups is 1. The Labute approximate surface area is 145 Å². The predicted molar refractivity (Wildman–Crippen MR) is 91.2 cm³/mol. The van der Waals surface area contributed by atoms with Gasteiger partial charge in [-0.1, -0.05) is 29.3 Å². The van der Waals surface area contributed by atoms with Gasteiger partial charge in [0.15, 0.2) is 5.58 Å². The van der Waals surface area contributed by atoms with Gasteiger partial charge in [-0.25, -0.2) is 9.63 Å². The van der Waals surface area contributed by atoms with Crippen LogP contribution in [0.15, 0.2) is 55.6 Å². The molecular weight excluding hydrogens is 377 g/mol. The maximum absolute atomic E-state index is 12.2. The fourth-order valence-electron chi connectivity index (χ4n) is 1.94. The first-order chi connectivity index (χ1) is 11.4. The summed E-state index contributed by atoms with van der Waals surface area (Å²) in [6.07, 6.45) is 1.21. The summed E-state index contributed by atoms with van der Waals surface area (Å²) in [5, 5.41) is 4.33. The minimum atomic E-state index is -3.95. The second-order valence-corrected chi connectivity index (χ2v) is 7.14. The van der Waals surface area contributed by atoms with Crippen molar-refractivity contribution in [2.45, 2.75) is 4.90 Å². The number of sulfonamides is 1. The molecule has 0 spiro atoms. The minimum absolute atomic E-state index is 0.111. The van der Waals surface area contributed by atoms with Gasteiger partial charge in [0.2, 0.25) is 0 Å². The third-order valence-electron chi connectivity index (χ3n) is 3.07. The molecular formula is C14H9Cl2N3O4S. The van der Waals surface area contributed by atoms with Gasteiger partial charge in [-0.3, -0.25) is 4.98 Å². The normalized spacial score (nSPS) is 12.1. The van der Waals surface area contributed by atoms with Gasteiger partial charge in [0.05, 0.1) is 26.7 Å². The monoisotopic (exact) mass is 385 g/mol. The zero-order valence-corrected chi connectivity index (χ0v) is 14.1. The number of hydrogen-bond donors (Lipinski definition) is 2. The van der Waals surface area contributed by atoms with Crippen molar-refractivity contribution in [3.63, 3.8) is 0 Å². The first-order valence-corrected chi connectivity index (χ1v) is 8.72. The summed E-state index contributed by atoms with van der Waals surface area (Å²) in [5.74, 6) is -0.668. The lowest BCUT2D eigenvalue weighted by molar-refractivity contribution is 0.553. The van der Waals surface area contributed by atoms with Gasteiger partial charge < -0.3 is 4.42 Å². The molecule has 0 saturated carbocycles. The molecule has 24 heavy (non-hydrogen) atoms. The van der Waals surface area contributed by atoms with E-state index < -0.39 is 15.8 Å². The summed E-state index contributed by atoms with van der Waals surface area (Å²) in [4.78, 5) is 15.5. The molecule has 0 radical (unpaired) electrons. The number of aromatic amines is 1. The maximum atomic E-state index is 12.2. The van der Waals surface area contributed by atoms with Crippen LogP contribution < -0.4 is 10.6 Å². The highest BCUT2D eigenvalue weighted by atomic mass is 35.5. The number of oxazole rings is 1. The second-order valence-electron chi connectivity index (χ2n) is 4.66. The molecule has 0 saturated heterocycles. The molecule has 0 amide bonds. The molecule has 0 aliphatic carbocycles. The van der Waals surface area contributed by atoms with Crippen molar-refractivity contribution in [2.75, 3.05) is 0 Å². The Bertz CT molecular complexity index is 1080. The lowest BCUT2D eigenvalue weighted by atomic mass is 10.2. The summed E-state index contributed by atoms with van der Waals surface area (Å²) in [7, 11) is -3.95. The van der Waals surface area contributed by atoms with Crippen molar-refractivity contribution in [1.82, 2.24) is 9.82 Å². The third kappa shape index (κ3) is 3.30. The predicted octanol–water partition coefficient (Wildman–Crippen LogP) is 2.74. The van der Waals surface area contributed by atoms with Crippen LogP contribution in [0.2, 0.25) is 10.0 Å². The molecule has 7 nitrogen and oxygen atoms in total. The Morgan fingerprint density at radius 3 is 2.58 bits per heavy atom. The summed E-state index contributed by atoms with van der Waals surface area (Å²) in [6, 6.07) is 8.81. The number of nitrogens with one attached hydrogen (secondary N) is 2. The van der Waals surface area contributed by atoms with Gasteiger partial charge in [-0.2, -0.15) is 13.5 Å². The lowest BCUT2D eigenvalue weighted by Gasteiger charge is -2.04. The highest BCUT2D eigenvalue weighted by molar-refractivity contribution is 7.89. The topological polar surface area (TPSA) is 105 Å². The Morgan fingerprint density at radius 1 is 1.17 bits per heavy atom. The van der Waals surface area contributed by atoms with E-state index in [9.17, 15) is 13.2 Å². The van der Waals surface area contributed by atoms with Crippen molar-refractivity contribution in [2.24, 2.45) is 5.10 Å².